The van der Waals surface area contributed by atoms with Gasteiger partial charge in [-0.05, 0) is 125 Å². The van der Waals surface area contributed by atoms with Crippen LogP contribution in [0, 0.1) is 0 Å². The highest BCUT2D eigenvalue weighted by Gasteiger charge is 2.46. The number of nitrogens with zero attached hydrogens (tertiary/aromatic N) is 2. The molecule has 0 heterocycles. The SMILES string of the molecule is O=Cc1c(N(c2ccc(C3(c4ccc(N(c5ccc6ccccc6c5C=O)c5ccc6ccccc6c5C=O)cc4)c4ccccc4-c4ccccc43)cc2)c2ccc3ccccc3c2C=O)ccc2ccccc12. The molecule has 0 unspecified atom stereocenters. The minimum atomic E-state index is -0.818. The molecule has 0 spiro atoms. The standard InChI is InChI=1S/C69H44N2O4/c72-41-59-53-17-5-1-13-45(53)25-37-65(59)70(66-38-26-46-14-2-6-18-54(46)60(66)42-73)51-33-29-49(30-34-51)69(63-23-11-9-21-57(63)58-22-10-12-24-64(58)69)50-31-35-52(36-32-50)71(67-39-27-47-15-3-7-19-55(47)61(67)43-74)68-40-28-48-16-4-8-20-56(48)62(68)44-75/h1-44H. The number of rotatable bonds is 12. The smallest absolute Gasteiger partial charge is 0.152 e. The van der Waals surface area contributed by atoms with Gasteiger partial charge in [0.05, 0.1) is 28.2 Å². The first-order chi connectivity index (χ1) is 37.0. The van der Waals surface area contributed by atoms with Gasteiger partial charge < -0.3 is 9.80 Å². The van der Waals surface area contributed by atoms with E-state index in [1.165, 1.54) is 0 Å². The molecule has 0 aromatic heterocycles. The summed E-state index contributed by atoms with van der Waals surface area (Å²) in [4.78, 5) is 57.3. The highest BCUT2D eigenvalue weighted by atomic mass is 16.1. The van der Waals surface area contributed by atoms with Crippen molar-refractivity contribution < 1.29 is 19.2 Å². The zero-order chi connectivity index (χ0) is 50.6. The topological polar surface area (TPSA) is 74.8 Å². The number of carbonyl (C=O) groups is 4. The summed E-state index contributed by atoms with van der Waals surface area (Å²) in [7, 11) is 0. The predicted octanol–water partition coefficient (Wildman–Crippen LogP) is 16.9. The molecule has 0 N–H and O–H groups in total. The predicted molar refractivity (Wildman–Crippen MR) is 305 cm³/mol. The molecule has 12 aromatic carbocycles. The van der Waals surface area contributed by atoms with Crippen LogP contribution >= 0.6 is 0 Å². The molecule has 75 heavy (non-hydrogen) atoms. The van der Waals surface area contributed by atoms with Gasteiger partial charge in [0.2, 0.25) is 0 Å². The van der Waals surface area contributed by atoms with E-state index in [1.54, 1.807) is 0 Å². The number of hydrogen-bond acceptors (Lipinski definition) is 6. The van der Waals surface area contributed by atoms with E-state index in [4.69, 9.17) is 0 Å². The van der Waals surface area contributed by atoms with Crippen LogP contribution in [0.15, 0.2) is 243 Å². The monoisotopic (exact) mass is 964 g/mol. The first-order valence-electron chi connectivity index (χ1n) is 24.9. The number of fused-ring (bicyclic) bond motifs is 7. The molecule has 1 aliphatic carbocycles. The largest absolute Gasteiger partial charge is 0.309 e. The van der Waals surface area contributed by atoms with E-state index < -0.39 is 5.41 Å². The number of anilines is 6. The van der Waals surface area contributed by atoms with E-state index in [1.807, 2.05) is 155 Å². The molecule has 354 valence electrons. The number of hydrogen-bond donors (Lipinski definition) is 0. The minimum absolute atomic E-state index is 0.513. The molecule has 1 aliphatic rings. The summed E-state index contributed by atoms with van der Waals surface area (Å²) >= 11 is 0. The second-order valence-corrected chi connectivity index (χ2v) is 19.0. The highest BCUT2D eigenvalue weighted by molar-refractivity contribution is 6.11. The molecular formula is C69H44N2O4. The Bertz CT molecular complexity index is 3830. The lowest BCUT2D eigenvalue weighted by Crippen LogP contribution is -2.28. The minimum Gasteiger partial charge on any atom is -0.309 e. The van der Waals surface area contributed by atoms with Crippen LogP contribution < -0.4 is 9.80 Å². The van der Waals surface area contributed by atoms with Gasteiger partial charge in [0.15, 0.2) is 25.1 Å². The van der Waals surface area contributed by atoms with Crippen LogP contribution in [0.1, 0.15) is 63.7 Å². The summed E-state index contributed by atoms with van der Waals surface area (Å²) < 4.78 is 0. The zero-order valence-corrected chi connectivity index (χ0v) is 40.4. The maximum absolute atomic E-state index is 13.3. The quantitative estimate of drug-likeness (QED) is 0.114. The molecule has 0 bridgehead atoms. The molecule has 13 rings (SSSR count). The van der Waals surface area contributed by atoms with Gasteiger partial charge in [0.25, 0.3) is 0 Å². The van der Waals surface area contributed by atoms with Crippen LogP contribution in [-0.2, 0) is 5.41 Å². The molecule has 0 atom stereocenters. The second-order valence-electron chi connectivity index (χ2n) is 19.0. The van der Waals surface area contributed by atoms with Gasteiger partial charge in [0, 0.05) is 33.6 Å². The molecule has 12 aromatic rings. The maximum Gasteiger partial charge on any atom is 0.152 e. The summed E-state index contributed by atoms with van der Waals surface area (Å²) in [5.74, 6) is 0. The Morgan fingerprint density at radius 2 is 0.533 bits per heavy atom. The Kier molecular flexibility index (Phi) is 10.9. The van der Waals surface area contributed by atoms with Gasteiger partial charge in [-0.25, -0.2) is 0 Å². The maximum atomic E-state index is 13.3. The van der Waals surface area contributed by atoms with Crippen LogP contribution in [0.2, 0.25) is 0 Å². The van der Waals surface area contributed by atoms with Crippen molar-refractivity contribution in [1.29, 1.82) is 0 Å². The van der Waals surface area contributed by atoms with E-state index in [2.05, 4.69) is 97.1 Å². The lowest BCUT2D eigenvalue weighted by atomic mass is 9.67. The number of carbonyl (C=O) groups excluding carboxylic acids is 4. The van der Waals surface area contributed by atoms with E-state index >= 15 is 0 Å². The summed E-state index contributed by atoms with van der Waals surface area (Å²) in [6, 6.07) is 81.5. The van der Waals surface area contributed by atoms with Crippen molar-refractivity contribution in [3.05, 3.63) is 287 Å². The van der Waals surface area contributed by atoms with Crippen molar-refractivity contribution in [2.75, 3.05) is 9.80 Å². The fraction of sp³-hybridized carbons (Fsp3) is 0.0145. The van der Waals surface area contributed by atoms with Crippen molar-refractivity contribution in [3.63, 3.8) is 0 Å². The van der Waals surface area contributed by atoms with Crippen LogP contribution in [0.5, 0.6) is 0 Å². The third kappa shape index (κ3) is 6.95. The van der Waals surface area contributed by atoms with E-state index in [-0.39, 0.29) is 0 Å². The van der Waals surface area contributed by atoms with Crippen LogP contribution in [0.3, 0.4) is 0 Å². The Labute approximate surface area is 433 Å². The molecular weight excluding hydrogens is 921 g/mol. The average molecular weight is 965 g/mol. The molecule has 0 saturated carbocycles. The normalized spacial score (nSPS) is 12.3. The molecule has 0 amide bonds. The van der Waals surface area contributed by atoms with Crippen molar-refractivity contribution in [1.82, 2.24) is 0 Å². The lowest BCUT2D eigenvalue weighted by molar-refractivity contribution is 0.111. The number of aldehydes is 4. The van der Waals surface area contributed by atoms with Crippen molar-refractivity contribution in [2.45, 2.75) is 5.41 Å². The Balaban J connectivity index is 1.02. The van der Waals surface area contributed by atoms with Gasteiger partial charge in [-0.3, -0.25) is 19.2 Å². The summed E-state index contributed by atoms with van der Waals surface area (Å²) in [5, 5.41) is 6.99. The Morgan fingerprint density at radius 3 is 0.827 bits per heavy atom. The van der Waals surface area contributed by atoms with Gasteiger partial charge in [-0.2, -0.15) is 0 Å². The summed E-state index contributed by atoms with van der Waals surface area (Å²) in [6.45, 7) is 0. The molecule has 6 nitrogen and oxygen atoms in total. The van der Waals surface area contributed by atoms with Crippen molar-refractivity contribution >= 4 is 102 Å². The van der Waals surface area contributed by atoms with E-state index in [0.29, 0.717) is 45.0 Å². The molecule has 0 saturated heterocycles. The zero-order valence-electron chi connectivity index (χ0n) is 40.4. The molecule has 6 heteroatoms. The molecule has 0 aliphatic heterocycles. The van der Waals surface area contributed by atoms with E-state index in [9.17, 15) is 19.2 Å². The third-order valence-corrected chi connectivity index (χ3v) is 15.3. The van der Waals surface area contributed by atoms with Gasteiger partial charge >= 0.3 is 0 Å². The van der Waals surface area contributed by atoms with Crippen molar-refractivity contribution in [3.8, 4) is 11.1 Å². The lowest BCUT2D eigenvalue weighted by Gasteiger charge is -2.35. The Hall–Kier alpha value is -10.0. The van der Waals surface area contributed by atoms with E-state index in [0.717, 1.165) is 113 Å². The Morgan fingerprint density at radius 1 is 0.267 bits per heavy atom. The van der Waals surface area contributed by atoms with Crippen molar-refractivity contribution in [2.24, 2.45) is 0 Å². The van der Waals surface area contributed by atoms with Crippen LogP contribution in [-0.4, -0.2) is 25.1 Å². The molecule has 0 fully saturated rings. The highest BCUT2D eigenvalue weighted by Crippen LogP contribution is 2.57. The van der Waals surface area contributed by atoms with Gasteiger partial charge in [-0.1, -0.05) is 194 Å². The number of benzene rings is 12. The van der Waals surface area contributed by atoms with Gasteiger partial charge in [0.1, 0.15) is 0 Å². The van der Waals surface area contributed by atoms with Crippen LogP contribution in [0.25, 0.3) is 54.2 Å². The first-order valence-corrected chi connectivity index (χ1v) is 24.9. The fourth-order valence-electron chi connectivity index (χ4n) is 12.0. The first kappa shape index (κ1) is 44.9. The molecule has 0 radical (unpaired) electrons. The third-order valence-electron chi connectivity index (χ3n) is 15.3. The summed E-state index contributed by atoms with van der Waals surface area (Å²) in [6.07, 6.45) is 3.64. The summed E-state index contributed by atoms with van der Waals surface area (Å²) in [5.41, 5.74) is 11.9. The fourth-order valence-corrected chi connectivity index (χ4v) is 12.0. The second kappa shape index (κ2) is 18.2. The van der Waals surface area contributed by atoms with Gasteiger partial charge in [-0.15, -0.1) is 0 Å². The average Bonchev–Trinajstić information content (AvgIpc) is 3.90. The van der Waals surface area contributed by atoms with Crippen LogP contribution in [0.4, 0.5) is 34.1 Å².